The molecule has 0 bridgehead atoms. The Hall–Kier alpha value is -2.47. The van der Waals surface area contributed by atoms with E-state index < -0.39 is 0 Å². The Kier molecular flexibility index (Phi) is 3.49. The maximum atomic E-state index is 8.77. The number of hydrogen-bond acceptors (Lipinski definition) is 3. The van der Waals surface area contributed by atoms with Gasteiger partial charge in [0.1, 0.15) is 0 Å². The number of para-hydroxylation sites is 1. The van der Waals surface area contributed by atoms with Gasteiger partial charge in [0.15, 0.2) is 0 Å². The second-order valence-electron chi connectivity index (χ2n) is 4.11. The van der Waals surface area contributed by atoms with Crippen LogP contribution in [0.4, 0.5) is 17.1 Å². The first-order chi connectivity index (χ1) is 8.72. The number of anilines is 3. The molecule has 90 valence electrons. The van der Waals surface area contributed by atoms with Crippen molar-refractivity contribution in [2.45, 2.75) is 6.42 Å². The van der Waals surface area contributed by atoms with Crippen molar-refractivity contribution in [2.75, 3.05) is 17.7 Å². The first kappa shape index (κ1) is 12.0. The third-order valence-electron chi connectivity index (χ3n) is 2.93. The Labute approximate surface area is 107 Å². The number of rotatable bonds is 3. The second kappa shape index (κ2) is 5.24. The topological polar surface area (TPSA) is 53.0 Å². The van der Waals surface area contributed by atoms with Gasteiger partial charge in [0.25, 0.3) is 0 Å². The molecule has 0 saturated carbocycles. The van der Waals surface area contributed by atoms with Crippen molar-refractivity contribution in [1.29, 1.82) is 5.26 Å². The molecule has 2 rings (SSSR count). The van der Waals surface area contributed by atoms with Crippen LogP contribution < -0.4 is 10.6 Å². The Morgan fingerprint density at radius 3 is 2.50 bits per heavy atom. The Morgan fingerprint density at radius 1 is 1.11 bits per heavy atom. The van der Waals surface area contributed by atoms with Gasteiger partial charge in [0, 0.05) is 24.1 Å². The van der Waals surface area contributed by atoms with E-state index in [1.54, 1.807) is 0 Å². The standard InChI is InChI=1S/C15H15N3/c1-18(13-5-3-2-4-6-13)14-7-8-15(17)12(11-14)9-10-16/h2-8,11H,9,17H2,1H3. The Morgan fingerprint density at radius 2 is 1.83 bits per heavy atom. The van der Waals surface area contributed by atoms with E-state index in [-0.39, 0.29) is 0 Å². The van der Waals surface area contributed by atoms with E-state index in [0.717, 1.165) is 16.9 Å². The monoisotopic (exact) mass is 237 g/mol. The van der Waals surface area contributed by atoms with Crippen molar-refractivity contribution >= 4 is 17.1 Å². The van der Waals surface area contributed by atoms with Gasteiger partial charge in [-0.1, -0.05) is 18.2 Å². The molecule has 2 aromatic rings. The minimum absolute atomic E-state index is 0.336. The third-order valence-corrected chi connectivity index (χ3v) is 2.93. The summed E-state index contributed by atoms with van der Waals surface area (Å²) in [6, 6.07) is 18.0. The van der Waals surface area contributed by atoms with Crippen LogP contribution in [0, 0.1) is 11.3 Å². The number of nitrogens with zero attached hydrogens (tertiary/aromatic N) is 2. The van der Waals surface area contributed by atoms with Gasteiger partial charge in [-0.05, 0) is 35.9 Å². The van der Waals surface area contributed by atoms with Crippen LogP contribution in [0.5, 0.6) is 0 Å². The molecule has 0 aliphatic rings. The van der Waals surface area contributed by atoms with Gasteiger partial charge in [0.05, 0.1) is 12.5 Å². The fourth-order valence-electron chi connectivity index (χ4n) is 1.84. The number of hydrogen-bond donors (Lipinski definition) is 1. The molecule has 0 aromatic heterocycles. The molecule has 0 saturated heterocycles. The highest BCUT2D eigenvalue weighted by Gasteiger charge is 2.06. The van der Waals surface area contributed by atoms with E-state index in [1.165, 1.54) is 0 Å². The average Bonchev–Trinajstić information content (AvgIpc) is 2.42. The van der Waals surface area contributed by atoms with E-state index in [4.69, 9.17) is 11.0 Å². The lowest BCUT2D eigenvalue weighted by Gasteiger charge is -2.20. The fraction of sp³-hybridized carbons (Fsp3) is 0.133. The summed E-state index contributed by atoms with van der Waals surface area (Å²) < 4.78 is 0. The molecule has 2 N–H and O–H groups in total. The smallest absolute Gasteiger partial charge is 0.0670 e. The molecule has 0 heterocycles. The normalized spacial score (nSPS) is 9.78. The third kappa shape index (κ3) is 2.44. The van der Waals surface area contributed by atoms with E-state index in [1.807, 2.05) is 55.6 Å². The lowest BCUT2D eigenvalue weighted by molar-refractivity contribution is 1.19. The van der Waals surface area contributed by atoms with Gasteiger partial charge in [-0.25, -0.2) is 0 Å². The molecule has 2 aromatic carbocycles. The van der Waals surface area contributed by atoms with E-state index in [9.17, 15) is 0 Å². The molecule has 0 unspecified atom stereocenters. The molecular formula is C15H15N3. The summed E-state index contributed by atoms with van der Waals surface area (Å²) in [5.41, 5.74) is 9.52. The quantitative estimate of drug-likeness (QED) is 0.834. The molecule has 3 heteroatoms. The van der Waals surface area contributed by atoms with Gasteiger partial charge in [0.2, 0.25) is 0 Å². The highest BCUT2D eigenvalue weighted by Crippen LogP contribution is 2.26. The minimum Gasteiger partial charge on any atom is -0.398 e. The van der Waals surface area contributed by atoms with E-state index in [0.29, 0.717) is 12.1 Å². The molecule has 3 nitrogen and oxygen atoms in total. The van der Waals surface area contributed by atoms with Gasteiger partial charge in [-0.15, -0.1) is 0 Å². The zero-order valence-corrected chi connectivity index (χ0v) is 10.3. The highest BCUT2D eigenvalue weighted by atomic mass is 15.1. The first-order valence-corrected chi connectivity index (χ1v) is 5.76. The number of nitrogens with two attached hydrogens (primary N) is 1. The first-order valence-electron chi connectivity index (χ1n) is 5.76. The van der Waals surface area contributed by atoms with Crippen LogP contribution in [-0.4, -0.2) is 7.05 Å². The van der Waals surface area contributed by atoms with E-state index >= 15 is 0 Å². The molecule has 0 amide bonds. The molecule has 0 fully saturated rings. The maximum Gasteiger partial charge on any atom is 0.0670 e. The Balaban J connectivity index is 2.34. The average molecular weight is 237 g/mol. The SMILES string of the molecule is CN(c1ccccc1)c1ccc(N)c(CC#N)c1. The van der Waals surface area contributed by atoms with Crippen LogP contribution in [0.25, 0.3) is 0 Å². The molecule has 0 aliphatic carbocycles. The molecule has 18 heavy (non-hydrogen) atoms. The van der Waals surface area contributed by atoms with Crippen molar-refractivity contribution in [1.82, 2.24) is 0 Å². The van der Waals surface area contributed by atoms with Gasteiger partial charge in [-0.3, -0.25) is 0 Å². The maximum absolute atomic E-state index is 8.77. The second-order valence-corrected chi connectivity index (χ2v) is 4.11. The fourth-order valence-corrected chi connectivity index (χ4v) is 1.84. The summed E-state index contributed by atoms with van der Waals surface area (Å²) in [6.07, 6.45) is 0.336. The Bertz CT molecular complexity index is 570. The van der Waals surface area contributed by atoms with Crippen molar-refractivity contribution in [3.8, 4) is 6.07 Å². The van der Waals surface area contributed by atoms with Gasteiger partial charge < -0.3 is 10.6 Å². The van der Waals surface area contributed by atoms with Crippen molar-refractivity contribution in [3.63, 3.8) is 0 Å². The largest absolute Gasteiger partial charge is 0.398 e. The van der Waals surface area contributed by atoms with Crippen LogP contribution >= 0.6 is 0 Å². The molecule has 0 radical (unpaired) electrons. The number of nitrogen functional groups attached to an aromatic ring is 1. The molecule has 0 aliphatic heterocycles. The predicted octanol–water partition coefficient (Wildman–Crippen LogP) is 3.10. The lowest BCUT2D eigenvalue weighted by atomic mass is 10.1. The number of nitriles is 1. The summed E-state index contributed by atoms with van der Waals surface area (Å²) in [4.78, 5) is 2.07. The van der Waals surface area contributed by atoms with Crippen LogP contribution in [0.2, 0.25) is 0 Å². The summed E-state index contributed by atoms with van der Waals surface area (Å²) in [5.74, 6) is 0. The van der Waals surface area contributed by atoms with Crippen molar-refractivity contribution in [2.24, 2.45) is 0 Å². The lowest BCUT2D eigenvalue weighted by Crippen LogP contribution is -2.10. The van der Waals surface area contributed by atoms with Crippen LogP contribution in [0.1, 0.15) is 5.56 Å². The highest BCUT2D eigenvalue weighted by molar-refractivity contribution is 5.66. The van der Waals surface area contributed by atoms with Crippen LogP contribution in [0.15, 0.2) is 48.5 Å². The predicted molar refractivity (Wildman–Crippen MR) is 74.7 cm³/mol. The number of benzene rings is 2. The van der Waals surface area contributed by atoms with Gasteiger partial charge in [-0.2, -0.15) is 5.26 Å². The zero-order chi connectivity index (χ0) is 13.0. The summed E-state index contributed by atoms with van der Waals surface area (Å²) in [7, 11) is 2.00. The van der Waals surface area contributed by atoms with Crippen molar-refractivity contribution in [3.05, 3.63) is 54.1 Å². The van der Waals surface area contributed by atoms with Crippen LogP contribution in [0.3, 0.4) is 0 Å². The summed E-state index contributed by atoms with van der Waals surface area (Å²) >= 11 is 0. The van der Waals surface area contributed by atoms with Crippen molar-refractivity contribution < 1.29 is 0 Å². The van der Waals surface area contributed by atoms with Gasteiger partial charge >= 0.3 is 0 Å². The zero-order valence-electron chi connectivity index (χ0n) is 10.3. The summed E-state index contributed by atoms with van der Waals surface area (Å²) in [5, 5.41) is 8.77. The molecule has 0 atom stereocenters. The molecule has 0 spiro atoms. The minimum atomic E-state index is 0.336. The van der Waals surface area contributed by atoms with Crippen LogP contribution in [-0.2, 0) is 6.42 Å². The summed E-state index contributed by atoms with van der Waals surface area (Å²) in [6.45, 7) is 0. The molecular weight excluding hydrogens is 222 g/mol. The van der Waals surface area contributed by atoms with E-state index in [2.05, 4.69) is 11.0 Å².